The van der Waals surface area contributed by atoms with Crippen molar-refractivity contribution in [3.63, 3.8) is 0 Å². The van der Waals surface area contributed by atoms with Crippen LogP contribution in [0.3, 0.4) is 0 Å². The van der Waals surface area contributed by atoms with Gasteiger partial charge in [0.1, 0.15) is 0 Å². The molecule has 0 saturated carbocycles. The van der Waals surface area contributed by atoms with Crippen LogP contribution in [0.15, 0.2) is 41.2 Å². The molecule has 0 spiro atoms. The molecule has 15 heavy (non-hydrogen) atoms. The van der Waals surface area contributed by atoms with Crippen LogP contribution in [-0.4, -0.2) is 9.55 Å². The number of hydrogen-bond acceptors (Lipinski definition) is 2. The van der Waals surface area contributed by atoms with Crippen LogP contribution in [-0.2, 0) is 7.05 Å². The lowest BCUT2D eigenvalue weighted by molar-refractivity contribution is 0.808. The van der Waals surface area contributed by atoms with Crippen molar-refractivity contribution in [2.45, 2.75) is 0 Å². The Bertz CT molecular complexity index is 552. The highest BCUT2D eigenvalue weighted by Crippen LogP contribution is 2.13. The minimum Gasteiger partial charge on any atom is -0.332 e. The Morgan fingerprint density at radius 3 is 2.53 bits per heavy atom. The fourth-order valence-electron chi connectivity index (χ4n) is 1.33. The van der Waals surface area contributed by atoms with E-state index in [1.165, 1.54) is 4.57 Å². The summed E-state index contributed by atoms with van der Waals surface area (Å²) in [5.74, 6) is 0. The highest BCUT2D eigenvalue weighted by molar-refractivity contribution is 7.71. The molecule has 76 valence electrons. The van der Waals surface area contributed by atoms with Crippen molar-refractivity contribution in [2.24, 2.45) is 7.05 Å². The maximum atomic E-state index is 11.5. The molecule has 2 aromatic rings. The van der Waals surface area contributed by atoms with Crippen LogP contribution in [0.5, 0.6) is 0 Å². The summed E-state index contributed by atoms with van der Waals surface area (Å²) in [6.07, 6.45) is 0. The monoisotopic (exact) mass is 218 g/mol. The molecule has 2 rings (SSSR count). The third-order valence-corrected chi connectivity index (χ3v) is 2.61. The minimum atomic E-state index is -0.0994. The molecule has 0 amide bonds. The van der Waals surface area contributed by atoms with Gasteiger partial charge < -0.3 is 4.98 Å². The number of hydrogen-bond donors (Lipinski definition) is 1. The highest BCUT2D eigenvalue weighted by Gasteiger charge is 2.00. The first-order valence-electron chi connectivity index (χ1n) is 4.54. The summed E-state index contributed by atoms with van der Waals surface area (Å²) in [5, 5.41) is 0. The van der Waals surface area contributed by atoms with Crippen LogP contribution in [0.4, 0.5) is 0 Å². The van der Waals surface area contributed by atoms with E-state index in [4.69, 9.17) is 12.2 Å². The van der Waals surface area contributed by atoms with Crippen molar-refractivity contribution in [2.75, 3.05) is 0 Å². The zero-order chi connectivity index (χ0) is 10.8. The molecule has 0 unspecified atom stereocenters. The molecular weight excluding hydrogens is 208 g/mol. The van der Waals surface area contributed by atoms with Crippen molar-refractivity contribution >= 4 is 12.2 Å². The summed E-state index contributed by atoms with van der Waals surface area (Å²) in [7, 11) is 1.65. The predicted molar refractivity (Wildman–Crippen MR) is 62.3 cm³/mol. The molecular formula is C11H10N2OS. The van der Waals surface area contributed by atoms with E-state index in [9.17, 15) is 4.79 Å². The Balaban J connectivity index is 2.67. The second kappa shape index (κ2) is 3.82. The van der Waals surface area contributed by atoms with Gasteiger partial charge in [-0.2, -0.15) is 0 Å². The Morgan fingerprint density at radius 1 is 1.27 bits per heavy atom. The lowest BCUT2D eigenvalue weighted by Gasteiger charge is -2.03. The fraction of sp³-hybridized carbons (Fsp3) is 0.0909. The average Bonchev–Trinajstić information content (AvgIpc) is 2.26. The quantitative estimate of drug-likeness (QED) is 0.744. The first kappa shape index (κ1) is 9.86. The summed E-state index contributed by atoms with van der Waals surface area (Å²) in [6, 6.07) is 11.2. The molecule has 1 aromatic heterocycles. The molecule has 3 nitrogen and oxygen atoms in total. The lowest BCUT2D eigenvalue weighted by Crippen LogP contribution is -2.17. The number of H-pyrrole nitrogens is 1. The summed E-state index contributed by atoms with van der Waals surface area (Å²) < 4.78 is 1.84. The maximum Gasteiger partial charge on any atom is 0.254 e. The Hall–Kier alpha value is -1.68. The number of nitrogens with one attached hydrogen (secondary N) is 1. The summed E-state index contributed by atoms with van der Waals surface area (Å²) in [6.45, 7) is 0. The first-order valence-corrected chi connectivity index (χ1v) is 4.95. The molecule has 1 N–H and O–H groups in total. The Kier molecular flexibility index (Phi) is 2.51. The van der Waals surface area contributed by atoms with E-state index in [0.717, 1.165) is 11.3 Å². The van der Waals surface area contributed by atoms with E-state index >= 15 is 0 Å². The van der Waals surface area contributed by atoms with Gasteiger partial charge in [-0.05, 0) is 17.8 Å². The standard InChI is InChI=1S/C11H10N2OS/c1-13-10(14)7-9(12-11(13)15)8-5-3-2-4-6-8/h2-7H,1H3,(H,12,15). The fourth-order valence-corrected chi connectivity index (χ4v) is 1.53. The minimum absolute atomic E-state index is 0.0994. The molecule has 0 bridgehead atoms. The molecule has 0 atom stereocenters. The van der Waals surface area contributed by atoms with Gasteiger partial charge in [0.05, 0.1) is 5.69 Å². The van der Waals surface area contributed by atoms with Crippen molar-refractivity contribution in [3.05, 3.63) is 51.5 Å². The number of rotatable bonds is 1. The van der Waals surface area contributed by atoms with Crippen LogP contribution < -0.4 is 5.56 Å². The van der Waals surface area contributed by atoms with E-state index in [-0.39, 0.29) is 5.56 Å². The molecule has 0 radical (unpaired) electrons. The first-order chi connectivity index (χ1) is 7.18. The van der Waals surface area contributed by atoms with Gasteiger partial charge in [0.15, 0.2) is 4.77 Å². The van der Waals surface area contributed by atoms with Crippen molar-refractivity contribution in [1.29, 1.82) is 0 Å². The Morgan fingerprint density at radius 2 is 1.93 bits per heavy atom. The normalized spacial score (nSPS) is 10.2. The third kappa shape index (κ3) is 1.89. The third-order valence-electron chi connectivity index (χ3n) is 2.23. The molecule has 4 heteroatoms. The molecule has 1 aromatic carbocycles. The van der Waals surface area contributed by atoms with Crippen molar-refractivity contribution in [3.8, 4) is 11.3 Å². The SMILES string of the molecule is Cn1c(=O)cc(-c2ccccc2)[nH]c1=S. The average molecular weight is 218 g/mol. The second-order valence-electron chi connectivity index (χ2n) is 3.25. The second-order valence-corrected chi connectivity index (χ2v) is 3.64. The molecule has 1 heterocycles. The Labute approximate surface area is 92.0 Å². The van der Waals surface area contributed by atoms with E-state index in [2.05, 4.69) is 4.98 Å². The summed E-state index contributed by atoms with van der Waals surface area (Å²) in [5.41, 5.74) is 1.61. The van der Waals surface area contributed by atoms with Crippen LogP contribution in [0.2, 0.25) is 0 Å². The van der Waals surface area contributed by atoms with Crippen LogP contribution in [0, 0.1) is 4.77 Å². The summed E-state index contributed by atoms with van der Waals surface area (Å²) in [4.78, 5) is 14.5. The van der Waals surface area contributed by atoms with Gasteiger partial charge in [0.25, 0.3) is 5.56 Å². The van der Waals surface area contributed by atoms with Gasteiger partial charge in [0, 0.05) is 13.1 Å². The van der Waals surface area contributed by atoms with Gasteiger partial charge in [0.2, 0.25) is 0 Å². The maximum absolute atomic E-state index is 11.5. The lowest BCUT2D eigenvalue weighted by atomic mass is 10.1. The highest BCUT2D eigenvalue weighted by atomic mass is 32.1. The van der Waals surface area contributed by atoms with Crippen LogP contribution in [0.25, 0.3) is 11.3 Å². The van der Waals surface area contributed by atoms with Gasteiger partial charge in [-0.15, -0.1) is 0 Å². The van der Waals surface area contributed by atoms with Crippen molar-refractivity contribution in [1.82, 2.24) is 9.55 Å². The van der Waals surface area contributed by atoms with Gasteiger partial charge in [-0.3, -0.25) is 9.36 Å². The number of aromatic nitrogens is 2. The molecule has 0 fully saturated rings. The molecule has 0 aliphatic rings. The predicted octanol–water partition coefficient (Wildman–Crippen LogP) is 2.11. The molecule has 0 saturated heterocycles. The van der Waals surface area contributed by atoms with E-state index in [1.807, 2.05) is 30.3 Å². The van der Waals surface area contributed by atoms with Gasteiger partial charge in [-0.25, -0.2) is 0 Å². The smallest absolute Gasteiger partial charge is 0.254 e. The number of aromatic amines is 1. The van der Waals surface area contributed by atoms with Crippen LogP contribution >= 0.6 is 12.2 Å². The largest absolute Gasteiger partial charge is 0.332 e. The van der Waals surface area contributed by atoms with Crippen LogP contribution in [0.1, 0.15) is 0 Å². The number of benzene rings is 1. The zero-order valence-corrected chi connectivity index (χ0v) is 9.04. The number of nitrogens with zero attached hydrogens (tertiary/aromatic N) is 1. The zero-order valence-electron chi connectivity index (χ0n) is 8.23. The van der Waals surface area contributed by atoms with E-state index in [1.54, 1.807) is 13.1 Å². The van der Waals surface area contributed by atoms with Crippen molar-refractivity contribution < 1.29 is 0 Å². The van der Waals surface area contributed by atoms with Gasteiger partial charge >= 0.3 is 0 Å². The summed E-state index contributed by atoms with van der Waals surface area (Å²) >= 11 is 5.04. The topological polar surface area (TPSA) is 37.8 Å². The van der Waals surface area contributed by atoms with E-state index < -0.39 is 0 Å². The van der Waals surface area contributed by atoms with Gasteiger partial charge in [-0.1, -0.05) is 30.3 Å². The molecule has 0 aliphatic heterocycles. The van der Waals surface area contributed by atoms with E-state index in [0.29, 0.717) is 4.77 Å². The molecule has 0 aliphatic carbocycles.